The van der Waals surface area contributed by atoms with Gasteiger partial charge in [-0.2, -0.15) is 0 Å². The smallest absolute Gasteiger partial charge is 0.344 e. The van der Waals surface area contributed by atoms with E-state index in [1.807, 2.05) is 0 Å². The van der Waals surface area contributed by atoms with Crippen molar-refractivity contribution in [3.63, 3.8) is 0 Å². The largest absolute Gasteiger partial charge is 0.479 e. The van der Waals surface area contributed by atoms with Crippen LogP contribution in [0.15, 0.2) is 10.5 Å². The van der Waals surface area contributed by atoms with E-state index in [-0.39, 0.29) is 16.5 Å². The van der Waals surface area contributed by atoms with E-state index < -0.39 is 12.6 Å². The van der Waals surface area contributed by atoms with Gasteiger partial charge in [-0.1, -0.05) is 5.16 Å². The molecule has 1 aromatic heterocycles. The molecule has 89 valence electrons. The molecule has 1 radical (unpaired) electrons. The molecule has 9 heteroatoms. The van der Waals surface area contributed by atoms with Gasteiger partial charge in [0.15, 0.2) is 10.8 Å². The lowest BCUT2D eigenvalue weighted by Gasteiger charge is -1.94. The Morgan fingerprint density at radius 2 is 2.53 bits per heavy atom. The Hall–Kier alpha value is -2.29. The van der Waals surface area contributed by atoms with E-state index in [1.165, 1.54) is 11.7 Å². The highest BCUT2D eigenvalue weighted by atomic mass is 32.1. The van der Waals surface area contributed by atoms with Crippen LogP contribution < -0.4 is 5.32 Å². The first-order valence-electron chi connectivity index (χ1n) is 4.13. The third kappa shape index (κ3) is 3.99. The second kappa shape index (κ2) is 6.33. The molecule has 0 atom stereocenters. The second-order valence-corrected chi connectivity index (χ2v) is 3.37. The normalized spacial score (nSPS) is 10.7. The molecule has 0 saturated heterocycles. The standard InChI is InChI=1S/C8H6N3O5S/c12-1-5(11-16-2-7(14)15)6-3-17-8(10-6)9-4-13/h3-4H,2H2,(H,14,15)(H,9,10,13). The highest BCUT2D eigenvalue weighted by Crippen LogP contribution is 2.14. The van der Waals surface area contributed by atoms with E-state index in [0.717, 1.165) is 11.3 Å². The van der Waals surface area contributed by atoms with E-state index in [4.69, 9.17) is 5.11 Å². The molecule has 0 aliphatic rings. The van der Waals surface area contributed by atoms with Crippen LogP contribution in [0.25, 0.3) is 0 Å². The zero-order valence-electron chi connectivity index (χ0n) is 8.24. The molecule has 17 heavy (non-hydrogen) atoms. The summed E-state index contributed by atoms with van der Waals surface area (Å²) in [4.78, 5) is 39.0. The number of carbonyl (C=O) groups is 2. The van der Waals surface area contributed by atoms with Gasteiger partial charge in [-0.25, -0.2) is 9.78 Å². The monoisotopic (exact) mass is 256 g/mol. The van der Waals surface area contributed by atoms with Crippen molar-refractivity contribution in [2.24, 2.45) is 5.16 Å². The highest BCUT2D eigenvalue weighted by Gasteiger charge is 2.10. The Kier molecular flexibility index (Phi) is 4.76. The van der Waals surface area contributed by atoms with Crippen molar-refractivity contribution in [1.29, 1.82) is 0 Å². The summed E-state index contributed by atoms with van der Waals surface area (Å²) in [5.74, 6) is -1.22. The summed E-state index contributed by atoms with van der Waals surface area (Å²) in [6, 6.07) is 0. The summed E-state index contributed by atoms with van der Waals surface area (Å²) in [5.41, 5.74) is -0.138. The number of carbonyl (C=O) groups excluding carboxylic acids is 2. The number of amides is 1. The Morgan fingerprint density at radius 3 is 3.12 bits per heavy atom. The predicted molar refractivity (Wildman–Crippen MR) is 57.6 cm³/mol. The summed E-state index contributed by atoms with van der Waals surface area (Å²) in [5, 5.41) is 15.6. The van der Waals surface area contributed by atoms with Gasteiger partial charge < -0.3 is 15.3 Å². The number of nitrogens with zero attached hydrogens (tertiary/aromatic N) is 2. The minimum absolute atomic E-state index is 0.139. The SMILES string of the molecule is O=[C]C(=NOCC(=O)O)c1csc(NC=O)n1. The van der Waals surface area contributed by atoms with Gasteiger partial charge >= 0.3 is 5.97 Å². The van der Waals surface area contributed by atoms with Gasteiger partial charge in [0, 0.05) is 5.38 Å². The van der Waals surface area contributed by atoms with Gasteiger partial charge in [0.1, 0.15) is 5.69 Å². The maximum atomic E-state index is 10.5. The van der Waals surface area contributed by atoms with Crippen molar-refractivity contribution in [3.8, 4) is 0 Å². The molecule has 1 rings (SSSR count). The average Bonchev–Trinajstić information content (AvgIpc) is 2.73. The van der Waals surface area contributed by atoms with Gasteiger partial charge in [0.25, 0.3) is 6.29 Å². The van der Waals surface area contributed by atoms with Crippen LogP contribution in [0.4, 0.5) is 5.13 Å². The first-order valence-corrected chi connectivity index (χ1v) is 5.01. The van der Waals surface area contributed by atoms with Gasteiger partial charge in [-0.3, -0.25) is 9.59 Å². The molecular weight excluding hydrogens is 250 g/mol. The highest BCUT2D eigenvalue weighted by molar-refractivity contribution is 7.14. The minimum Gasteiger partial charge on any atom is -0.479 e. The van der Waals surface area contributed by atoms with E-state index in [9.17, 15) is 14.4 Å². The van der Waals surface area contributed by atoms with Crippen molar-refractivity contribution in [3.05, 3.63) is 11.1 Å². The van der Waals surface area contributed by atoms with Gasteiger partial charge in [0.2, 0.25) is 13.0 Å². The van der Waals surface area contributed by atoms with E-state index in [1.54, 1.807) is 0 Å². The number of aliphatic carboxylic acids is 1. The van der Waals surface area contributed by atoms with Crippen LogP contribution in [0, 0.1) is 0 Å². The molecule has 0 unspecified atom stereocenters. The average molecular weight is 256 g/mol. The van der Waals surface area contributed by atoms with Crippen LogP contribution in [-0.4, -0.2) is 41.1 Å². The predicted octanol–water partition coefficient (Wildman–Crippen LogP) is -0.374. The van der Waals surface area contributed by atoms with Crippen LogP contribution >= 0.6 is 11.3 Å². The molecule has 0 bridgehead atoms. The molecule has 0 fully saturated rings. The van der Waals surface area contributed by atoms with Gasteiger partial charge in [-0.15, -0.1) is 11.3 Å². The first-order chi connectivity index (χ1) is 8.17. The number of carboxylic acid groups (broad SMARTS) is 1. The molecule has 1 aromatic rings. The van der Waals surface area contributed by atoms with Crippen molar-refractivity contribution >= 4 is 40.8 Å². The van der Waals surface area contributed by atoms with E-state index in [2.05, 4.69) is 20.3 Å². The summed E-state index contributed by atoms with van der Waals surface area (Å²) in [7, 11) is 0. The molecule has 1 amide bonds. The fourth-order valence-electron chi connectivity index (χ4n) is 0.769. The van der Waals surface area contributed by atoms with Crippen LogP contribution in [0.5, 0.6) is 0 Å². The lowest BCUT2D eigenvalue weighted by atomic mass is 10.3. The molecule has 0 aliphatic carbocycles. The summed E-state index contributed by atoms with van der Waals surface area (Å²) < 4.78 is 0. The van der Waals surface area contributed by atoms with Crippen molar-refractivity contribution in [2.75, 3.05) is 11.9 Å². The Bertz CT molecular complexity index is 456. The summed E-state index contributed by atoms with van der Waals surface area (Å²) in [6.07, 6.45) is 1.89. The lowest BCUT2D eigenvalue weighted by molar-refractivity contribution is -0.142. The Balaban J connectivity index is 2.74. The number of hydrogen-bond donors (Lipinski definition) is 2. The van der Waals surface area contributed by atoms with Crippen LogP contribution in [0.2, 0.25) is 0 Å². The van der Waals surface area contributed by atoms with Crippen LogP contribution in [0.3, 0.4) is 0 Å². The maximum Gasteiger partial charge on any atom is 0.344 e. The Morgan fingerprint density at radius 1 is 1.76 bits per heavy atom. The molecule has 1 heterocycles. The third-order valence-corrected chi connectivity index (χ3v) is 2.14. The quantitative estimate of drug-likeness (QED) is 0.390. The van der Waals surface area contributed by atoms with Gasteiger partial charge in [-0.05, 0) is 0 Å². The topological polar surface area (TPSA) is 118 Å². The molecule has 8 nitrogen and oxygen atoms in total. The van der Waals surface area contributed by atoms with Crippen LogP contribution in [-0.2, 0) is 19.2 Å². The third-order valence-electron chi connectivity index (χ3n) is 1.37. The molecule has 0 aliphatic heterocycles. The van der Waals surface area contributed by atoms with Crippen molar-refractivity contribution in [1.82, 2.24) is 4.98 Å². The molecule has 2 N–H and O–H groups in total. The molecule has 0 saturated carbocycles. The zero-order valence-corrected chi connectivity index (χ0v) is 9.06. The number of anilines is 1. The molecule has 0 aromatic carbocycles. The number of hydrogen-bond acceptors (Lipinski definition) is 7. The first kappa shape index (κ1) is 12.8. The fraction of sp³-hybridized carbons (Fsp3) is 0.125. The molecule has 0 spiro atoms. The number of rotatable bonds is 7. The second-order valence-electron chi connectivity index (χ2n) is 2.51. The summed E-state index contributed by atoms with van der Waals surface area (Å²) >= 11 is 1.07. The molecular formula is C8H6N3O5S. The van der Waals surface area contributed by atoms with Crippen molar-refractivity contribution < 1.29 is 24.3 Å². The number of aromatic nitrogens is 1. The zero-order chi connectivity index (χ0) is 12.7. The number of thiazole rings is 1. The lowest BCUT2D eigenvalue weighted by Crippen LogP contribution is -2.08. The number of nitrogens with one attached hydrogen (secondary N) is 1. The Labute approximate surface area is 98.9 Å². The van der Waals surface area contributed by atoms with Gasteiger partial charge in [0.05, 0.1) is 0 Å². The van der Waals surface area contributed by atoms with E-state index >= 15 is 0 Å². The minimum atomic E-state index is -1.22. The number of oxime groups is 1. The number of carboxylic acids is 1. The summed E-state index contributed by atoms with van der Waals surface area (Å²) in [6.45, 7) is -0.672. The fourth-order valence-corrected chi connectivity index (χ4v) is 1.42. The maximum absolute atomic E-state index is 10.5. The van der Waals surface area contributed by atoms with Crippen molar-refractivity contribution in [2.45, 2.75) is 0 Å². The van der Waals surface area contributed by atoms with E-state index in [0.29, 0.717) is 6.41 Å². The van der Waals surface area contributed by atoms with Crippen LogP contribution in [0.1, 0.15) is 5.69 Å².